The Morgan fingerprint density at radius 3 is 2.52 bits per heavy atom. The smallest absolute Gasteiger partial charge is 0.328 e. The number of ether oxygens (including phenoxy) is 1. The number of hydrogen-bond donors (Lipinski definition) is 1. The number of carbonyl (C=O) groups excluding carboxylic acids is 2. The van der Waals surface area contributed by atoms with Crippen LogP contribution in [0.1, 0.15) is 24.2 Å². The van der Waals surface area contributed by atoms with Gasteiger partial charge < -0.3 is 14.6 Å². The average molecular weight is 288 g/mol. The predicted octanol–water partition coefficient (Wildman–Crippen LogP) is 2.11. The predicted molar refractivity (Wildman–Crippen MR) is 81.0 cm³/mol. The van der Waals surface area contributed by atoms with E-state index in [0.29, 0.717) is 5.56 Å². The molecule has 1 aromatic carbocycles. The number of carbonyl (C=O) groups is 2. The largest absolute Gasteiger partial charge is 0.467 e. The highest BCUT2D eigenvalue weighted by Crippen LogP contribution is 2.20. The zero-order chi connectivity index (χ0) is 15.6. The lowest BCUT2D eigenvalue weighted by Crippen LogP contribution is -2.45. The second-order valence-electron chi connectivity index (χ2n) is 5.39. The van der Waals surface area contributed by atoms with E-state index in [1.54, 1.807) is 6.20 Å². The van der Waals surface area contributed by atoms with Crippen molar-refractivity contribution in [1.29, 1.82) is 0 Å². The van der Waals surface area contributed by atoms with Gasteiger partial charge in [-0.15, -0.1) is 0 Å². The number of nitrogens with one attached hydrogen (secondary N) is 1. The van der Waals surface area contributed by atoms with Gasteiger partial charge >= 0.3 is 5.97 Å². The maximum atomic E-state index is 12.5. The number of hydrogen-bond acceptors (Lipinski definition) is 3. The number of nitrogens with zero attached hydrogens (tertiary/aromatic N) is 1. The van der Waals surface area contributed by atoms with Crippen molar-refractivity contribution >= 4 is 22.8 Å². The third-order valence-corrected chi connectivity index (χ3v) is 3.55. The van der Waals surface area contributed by atoms with E-state index in [2.05, 4.69) is 5.32 Å². The molecule has 0 saturated heterocycles. The van der Waals surface area contributed by atoms with Crippen LogP contribution in [0.2, 0.25) is 0 Å². The maximum Gasteiger partial charge on any atom is 0.328 e. The molecule has 1 atom stereocenters. The molecule has 5 nitrogen and oxygen atoms in total. The Morgan fingerprint density at radius 1 is 1.24 bits per heavy atom. The molecule has 5 heteroatoms. The van der Waals surface area contributed by atoms with Crippen molar-refractivity contribution in [3.8, 4) is 0 Å². The minimum absolute atomic E-state index is 0.0450. The van der Waals surface area contributed by atoms with Gasteiger partial charge in [0.1, 0.15) is 6.04 Å². The number of fused-ring (bicyclic) bond motifs is 1. The van der Waals surface area contributed by atoms with Crippen molar-refractivity contribution in [2.45, 2.75) is 19.9 Å². The quantitative estimate of drug-likeness (QED) is 0.877. The van der Waals surface area contributed by atoms with Crippen LogP contribution in [0.25, 0.3) is 10.9 Å². The fourth-order valence-corrected chi connectivity index (χ4v) is 2.37. The molecule has 2 rings (SSSR count). The number of methoxy groups -OCH3 is 1. The first-order valence-electron chi connectivity index (χ1n) is 6.88. The SMILES string of the molecule is COC(=O)C(NC(=O)c1cn(C)c2ccccc12)C(C)C. The zero-order valence-electron chi connectivity index (χ0n) is 12.7. The number of aryl methyl sites for hydroxylation is 1. The minimum atomic E-state index is -0.651. The first kappa shape index (κ1) is 15.1. The zero-order valence-corrected chi connectivity index (χ0v) is 12.7. The number of esters is 1. The summed E-state index contributed by atoms with van der Waals surface area (Å²) in [7, 11) is 3.21. The molecule has 1 aromatic heterocycles. The van der Waals surface area contributed by atoms with E-state index in [4.69, 9.17) is 4.74 Å². The second kappa shape index (κ2) is 5.99. The number of rotatable bonds is 4. The summed E-state index contributed by atoms with van der Waals surface area (Å²) in [5.41, 5.74) is 1.53. The van der Waals surface area contributed by atoms with Gasteiger partial charge in [0.15, 0.2) is 0 Å². The van der Waals surface area contributed by atoms with Crippen LogP contribution in [-0.4, -0.2) is 29.6 Å². The van der Waals surface area contributed by atoms with Crippen molar-refractivity contribution in [1.82, 2.24) is 9.88 Å². The molecule has 1 N–H and O–H groups in total. The first-order valence-corrected chi connectivity index (χ1v) is 6.88. The minimum Gasteiger partial charge on any atom is -0.467 e. The molecule has 0 aliphatic carbocycles. The summed E-state index contributed by atoms with van der Waals surface area (Å²) in [6, 6.07) is 7.01. The van der Waals surface area contributed by atoms with E-state index in [-0.39, 0.29) is 11.8 Å². The molecule has 2 aromatic rings. The van der Waals surface area contributed by atoms with Crippen molar-refractivity contribution in [2.75, 3.05) is 7.11 Å². The van der Waals surface area contributed by atoms with E-state index in [1.165, 1.54) is 7.11 Å². The third kappa shape index (κ3) is 2.91. The van der Waals surface area contributed by atoms with Crippen LogP contribution in [0, 0.1) is 5.92 Å². The topological polar surface area (TPSA) is 60.3 Å². The lowest BCUT2D eigenvalue weighted by Gasteiger charge is -2.19. The van der Waals surface area contributed by atoms with Gasteiger partial charge in [-0.3, -0.25) is 4.79 Å². The molecule has 0 radical (unpaired) electrons. The molecule has 0 aliphatic rings. The summed E-state index contributed by atoms with van der Waals surface area (Å²) in [5, 5.41) is 3.63. The number of benzene rings is 1. The van der Waals surface area contributed by atoms with Crippen LogP contribution in [0.3, 0.4) is 0 Å². The van der Waals surface area contributed by atoms with Crippen molar-refractivity contribution < 1.29 is 14.3 Å². The van der Waals surface area contributed by atoms with Crippen LogP contribution in [0.15, 0.2) is 30.5 Å². The Hall–Kier alpha value is -2.30. The average Bonchev–Trinajstić information content (AvgIpc) is 2.81. The van der Waals surface area contributed by atoms with E-state index in [0.717, 1.165) is 10.9 Å². The Kier molecular flexibility index (Phi) is 4.31. The van der Waals surface area contributed by atoms with Gasteiger partial charge in [-0.05, 0) is 12.0 Å². The van der Waals surface area contributed by atoms with Crippen LogP contribution >= 0.6 is 0 Å². The Bertz CT molecular complexity index is 673. The number of aromatic nitrogens is 1. The molecule has 21 heavy (non-hydrogen) atoms. The van der Waals surface area contributed by atoms with E-state index in [9.17, 15) is 9.59 Å². The fraction of sp³-hybridized carbons (Fsp3) is 0.375. The standard InChI is InChI=1S/C16H20N2O3/c1-10(2)14(16(20)21-4)17-15(19)12-9-18(3)13-8-6-5-7-11(12)13/h5-10,14H,1-4H3,(H,17,19). The van der Waals surface area contributed by atoms with Crippen LogP contribution < -0.4 is 5.32 Å². The number of para-hydroxylation sites is 1. The molecule has 1 heterocycles. The lowest BCUT2D eigenvalue weighted by molar-refractivity contribution is -0.144. The van der Waals surface area contributed by atoms with Gasteiger partial charge in [0, 0.05) is 24.1 Å². The molecule has 0 saturated carbocycles. The van der Waals surface area contributed by atoms with Crippen LogP contribution in [0.4, 0.5) is 0 Å². The highest BCUT2D eigenvalue weighted by molar-refractivity contribution is 6.07. The molecule has 0 fully saturated rings. The monoisotopic (exact) mass is 288 g/mol. The van der Waals surface area contributed by atoms with E-state index < -0.39 is 12.0 Å². The summed E-state index contributed by atoms with van der Waals surface area (Å²) in [6.07, 6.45) is 1.77. The molecule has 0 bridgehead atoms. The lowest BCUT2D eigenvalue weighted by atomic mass is 10.0. The Balaban J connectivity index is 2.32. The summed E-state index contributed by atoms with van der Waals surface area (Å²) in [6.45, 7) is 3.73. The number of amides is 1. The summed E-state index contributed by atoms with van der Waals surface area (Å²) in [4.78, 5) is 24.2. The molecule has 0 spiro atoms. The van der Waals surface area contributed by atoms with Crippen LogP contribution in [-0.2, 0) is 16.6 Å². The third-order valence-electron chi connectivity index (χ3n) is 3.55. The van der Waals surface area contributed by atoms with Crippen molar-refractivity contribution in [3.63, 3.8) is 0 Å². The van der Waals surface area contributed by atoms with Crippen LogP contribution in [0.5, 0.6) is 0 Å². The molecule has 1 unspecified atom stereocenters. The van der Waals surface area contributed by atoms with Crippen molar-refractivity contribution in [3.05, 3.63) is 36.0 Å². The van der Waals surface area contributed by atoms with Gasteiger partial charge in [-0.2, -0.15) is 0 Å². The summed E-state index contributed by atoms with van der Waals surface area (Å²) in [5.74, 6) is -0.745. The van der Waals surface area contributed by atoms with Gasteiger partial charge in [0.05, 0.1) is 12.7 Å². The highest BCUT2D eigenvalue weighted by Gasteiger charge is 2.26. The molecular weight excluding hydrogens is 268 g/mol. The van der Waals surface area contributed by atoms with Gasteiger partial charge in [0.25, 0.3) is 5.91 Å². The maximum absolute atomic E-state index is 12.5. The molecule has 1 amide bonds. The highest BCUT2D eigenvalue weighted by atomic mass is 16.5. The van der Waals surface area contributed by atoms with Gasteiger partial charge in [-0.1, -0.05) is 32.0 Å². The summed E-state index contributed by atoms with van der Waals surface area (Å²) >= 11 is 0. The van der Waals surface area contributed by atoms with Gasteiger partial charge in [-0.25, -0.2) is 4.79 Å². The normalized spacial score (nSPS) is 12.4. The molecule has 0 aliphatic heterocycles. The first-order chi connectivity index (χ1) is 9.95. The van der Waals surface area contributed by atoms with E-state index in [1.807, 2.05) is 49.7 Å². The second-order valence-corrected chi connectivity index (χ2v) is 5.39. The Morgan fingerprint density at radius 2 is 1.90 bits per heavy atom. The fourth-order valence-electron chi connectivity index (χ4n) is 2.37. The van der Waals surface area contributed by atoms with Gasteiger partial charge in [0.2, 0.25) is 0 Å². The van der Waals surface area contributed by atoms with E-state index >= 15 is 0 Å². The summed E-state index contributed by atoms with van der Waals surface area (Å²) < 4.78 is 6.64. The molecule has 112 valence electrons. The van der Waals surface area contributed by atoms with Crippen molar-refractivity contribution in [2.24, 2.45) is 13.0 Å². The molecular formula is C16H20N2O3. The Labute approximate surface area is 123 Å².